The van der Waals surface area contributed by atoms with Crippen LogP contribution in [0.4, 0.5) is 0 Å². The maximum absolute atomic E-state index is 5.85. The van der Waals surface area contributed by atoms with Crippen molar-refractivity contribution in [3.8, 4) is 0 Å². The van der Waals surface area contributed by atoms with Crippen molar-refractivity contribution in [1.29, 1.82) is 0 Å². The van der Waals surface area contributed by atoms with Crippen LogP contribution in [0.5, 0.6) is 0 Å². The number of hydrogen-bond acceptors (Lipinski definition) is 4. The molecule has 4 nitrogen and oxygen atoms in total. The third-order valence-corrected chi connectivity index (χ3v) is 2.88. The van der Waals surface area contributed by atoms with Gasteiger partial charge in [-0.3, -0.25) is 0 Å². The SMILES string of the molecule is CNC(CC(C)N)c1ccc2oc(C)nc2c1. The van der Waals surface area contributed by atoms with Gasteiger partial charge in [0.15, 0.2) is 11.5 Å². The molecule has 1 aromatic heterocycles. The molecule has 2 unspecified atom stereocenters. The molecular formula is C13H19N3O. The van der Waals surface area contributed by atoms with Gasteiger partial charge in [0.2, 0.25) is 0 Å². The third-order valence-electron chi connectivity index (χ3n) is 2.88. The molecule has 0 fully saturated rings. The van der Waals surface area contributed by atoms with Crippen LogP contribution in [0.3, 0.4) is 0 Å². The smallest absolute Gasteiger partial charge is 0.192 e. The molecule has 0 amide bonds. The second-order valence-electron chi connectivity index (χ2n) is 4.51. The van der Waals surface area contributed by atoms with Gasteiger partial charge in [-0.25, -0.2) is 4.98 Å². The van der Waals surface area contributed by atoms with Gasteiger partial charge < -0.3 is 15.5 Å². The van der Waals surface area contributed by atoms with E-state index >= 15 is 0 Å². The standard InChI is InChI=1S/C13H19N3O/c1-8(14)6-11(15-3)10-4-5-13-12(7-10)16-9(2)17-13/h4-5,7-8,11,15H,6,14H2,1-3H3. The Hall–Kier alpha value is -1.39. The molecule has 0 radical (unpaired) electrons. The Bertz CT molecular complexity index is 504. The van der Waals surface area contributed by atoms with Crippen molar-refractivity contribution in [1.82, 2.24) is 10.3 Å². The van der Waals surface area contributed by atoms with E-state index in [1.165, 1.54) is 5.56 Å². The minimum absolute atomic E-state index is 0.169. The van der Waals surface area contributed by atoms with E-state index in [0.29, 0.717) is 5.89 Å². The number of nitrogens with zero attached hydrogens (tertiary/aromatic N) is 1. The molecule has 1 heterocycles. The number of hydrogen-bond donors (Lipinski definition) is 2. The minimum atomic E-state index is 0.169. The van der Waals surface area contributed by atoms with Crippen molar-refractivity contribution < 1.29 is 4.42 Å². The van der Waals surface area contributed by atoms with E-state index in [1.54, 1.807) is 0 Å². The number of aryl methyl sites for hydroxylation is 1. The van der Waals surface area contributed by atoms with Crippen molar-refractivity contribution in [3.63, 3.8) is 0 Å². The summed E-state index contributed by atoms with van der Waals surface area (Å²) in [4.78, 5) is 4.34. The number of nitrogens with one attached hydrogen (secondary N) is 1. The van der Waals surface area contributed by atoms with Gasteiger partial charge in [-0.2, -0.15) is 0 Å². The average molecular weight is 233 g/mol. The van der Waals surface area contributed by atoms with E-state index in [-0.39, 0.29) is 12.1 Å². The van der Waals surface area contributed by atoms with E-state index in [1.807, 2.05) is 27.0 Å². The molecule has 0 aliphatic heterocycles. The molecule has 0 saturated carbocycles. The van der Waals surface area contributed by atoms with Crippen LogP contribution in [0.15, 0.2) is 22.6 Å². The zero-order valence-electron chi connectivity index (χ0n) is 10.5. The van der Waals surface area contributed by atoms with Crippen molar-refractivity contribution in [2.75, 3.05) is 7.05 Å². The lowest BCUT2D eigenvalue weighted by atomic mass is 10.0. The molecule has 2 atom stereocenters. The molecule has 0 aliphatic rings. The Balaban J connectivity index is 2.33. The molecule has 0 bridgehead atoms. The van der Waals surface area contributed by atoms with Gasteiger partial charge in [0, 0.05) is 19.0 Å². The number of rotatable bonds is 4. The van der Waals surface area contributed by atoms with Gasteiger partial charge >= 0.3 is 0 Å². The number of fused-ring (bicyclic) bond motifs is 1. The van der Waals surface area contributed by atoms with Crippen molar-refractivity contribution in [3.05, 3.63) is 29.7 Å². The Morgan fingerprint density at radius 2 is 2.24 bits per heavy atom. The first kappa shape index (κ1) is 12.1. The first-order chi connectivity index (χ1) is 8.10. The van der Waals surface area contributed by atoms with Crippen LogP contribution in [-0.4, -0.2) is 18.1 Å². The normalized spacial score (nSPS) is 15.1. The highest BCUT2D eigenvalue weighted by atomic mass is 16.3. The van der Waals surface area contributed by atoms with E-state index < -0.39 is 0 Å². The lowest BCUT2D eigenvalue weighted by molar-refractivity contribution is 0.499. The van der Waals surface area contributed by atoms with Crippen molar-refractivity contribution in [2.45, 2.75) is 32.4 Å². The zero-order valence-corrected chi connectivity index (χ0v) is 10.5. The van der Waals surface area contributed by atoms with Crippen molar-refractivity contribution >= 4 is 11.1 Å². The average Bonchev–Trinajstić information content (AvgIpc) is 2.64. The fourth-order valence-corrected chi connectivity index (χ4v) is 2.07. The number of aromatic nitrogens is 1. The Morgan fingerprint density at radius 1 is 1.47 bits per heavy atom. The monoisotopic (exact) mass is 233 g/mol. The third kappa shape index (κ3) is 2.65. The molecule has 4 heteroatoms. The lowest BCUT2D eigenvalue weighted by Gasteiger charge is -2.18. The van der Waals surface area contributed by atoms with Crippen LogP contribution in [0.25, 0.3) is 11.1 Å². The van der Waals surface area contributed by atoms with E-state index in [2.05, 4.69) is 22.4 Å². The minimum Gasteiger partial charge on any atom is -0.441 e. The molecule has 0 spiro atoms. The molecule has 2 aromatic rings. The van der Waals surface area contributed by atoms with Crippen LogP contribution in [0.2, 0.25) is 0 Å². The number of benzene rings is 1. The second-order valence-corrected chi connectivity index (χ2v) is 4.51. The van der Waals surface area contributed by atoms with Crippen LogP contribution in [0, 0.1) is 6.92 Å². The maximum atomic E-state index is 5.85. The van der Waals surface area contributed by atoms with Crippen LogP contribution >= 0.6 is 0 Å². The summed E-state index contributed by atoms with van der Waals surface area (Å²) in [6.45, 7) is 3.88. The largest absolute Gasteiger partial charge is 0.441 e. The summed E-state index contributed by atoms with van der Waals surface area (Å²) in [5, 5.41) is 3.28. The molecule has 3 N–H and O–H groups in total. The summed E-state index contributed by atoms with van der Waals surface area (Å²) < 4.78 is 5.46. The summed E-state index contributed by atoms with van der Waals surface area (Å²) in [7, 11) is 1.95. The molecule has 2 rings (SSSR count). The molecule has 0 saturated heterocycles. The molecular weight excluding hydrogens is 214 g/mol. The molecule has 0 aliphatic carbocycles. The summed E-state index contributed by atoms with van der Waals surface area (Å²) >= 11 is 0. The first-order valence-electron chi connectivity index (χ1n) is 5.90. The number of oxazole rings is 1. The quantitative estimate of drug-likeness (QED) is 0.849. The fraction of sp³-hybridized carbons (Fsp3) is 0.462. The zero-order chi connectivity index (χ0) is 12.4. The van der Waals surface area contributed by atoms with Crippen molar-refractivity contribution in [2.24, 2.45) is 5.73 Å². The van der Waals surface area contributed by atoms with E-state index in [4.69, 9.17) is 10.2 Å². The van der Waals surface area contributed by atoms with Gasteiger partial charge in [0.25, 0.3) is 0 Å². The predicted octanol–water partition coefficient (Wildman–Crippen LogP) is 2.13. The molecule has 1 aromatic carbocycles. The molecule has 17 heavy (non-hydrogen) atoms. The highest BCUT2D eigenvalue weighted by Gasteiger charge is 2.13. The van der Waals surface area contributed by atoms with Crippen LogP contribution in [-0.2, 0) is 0 Å². The van der Waals surface area contributed by atoms with Crippen LogP contribution < -0.4 is 11.1 Å². The topological polar surface area (TPSA) is 64.1 Å². The fourth-order valence-electron chi connectivity index (χ4n) is 2.07. The molecule has 92 valence electrons. The van der Waals surface area contributed by atoms with Gasteiger partial charge in [0.05, 0.1) is 0 Å². The van der Waals surface area contributed by atoms with E-state index in [9.17, 15) is 0 Å². The second kappa shape index (κ2) is 4.85. The first-order valence-corrected chi connectivity index (χ1v) is 5.90. The lowest BCUT2D eigenvalue weighted by Crippen LogP contribution is -2.25. The number of nitrogens with two attached hydrogens (primary N) is 1. The van der Waals surface area contributed by atoms with Gasteiger partial charge in [-0.1, -0.05) is 6.07 Å². The van der Waals surface area contributed by atoms with Gasteiger partial charge in [0.1, 0.15) is 5.52 Å². The van der Waals surface area contributed by atoms with E-state index in [0.717, 1.165) is 17.5 Å². The Kier molecular flexibility index (Phi) is 3.45. The van der Waals surface area contributed by atoms with Gasteiger partial charge in [-0.05, 0) is 38.1 Å². The summed E-state index contributed by atoms with van der Waals surface area (Å²) in [5.41, 5.74) is 8.79. The Labute approximate surface area is 101 Å². The summed E-state index contributed by atoms with van der Waals surface area (Å²) in [6, 6.07) is 6.53. The van der Waals surface area contributed by atoms with Crippen LogP contribution in [0.1, 0.15) is 30.8 Å². The summed E-state index contributed by atoms with van der Waals surface area (Å²) in [6.07, 6.45) is 0.902. The highest BCUT2D eigenvalue weighted by Crippen LogP contribution is 2.23. The summed E-state index contributed by atoms with van der Waals surface area (Å²) in [5.74, 6) is 0.699. The van der Waals surface area contributed by atoms with Gasteiger partial charge in [-0.15, -0.1) is 0 Å². The highest BCUT2D eigenvalue weighted by molar-refractivity contribution is 5.73. The Morgan fingerprint density at radius 3 is 2.88 bits per heavy atom. The maximum Gasteiger partial charge on any atom is 0.192 e. The predicted molar refractivity (Wildman–Crippen MR) is 68.8 cm³/mol.